The Bertz CT molecular complexity index is 378. The minimum atomic E-state index is 0.765. The van der Waals surface area contributed by atoms with E-state index in [-0.39, 0.29) is 0 Å². The minimum Gasteiger partial charge on any atom is -0.314 e. The van der Waals surface area contributed by atoms with Gasteiger partial charge in [-0.3, -0.25) is 4.90 Å². The zero-order valence-electron chi connectivity index (χ0n) is 12.6. The Kier molecular flexibility index (Phi) is 5.10. The maximum atomic E-state index is 3.76. The van der Waals surface area contributed by atoms with Gasteiger partial charge in [0.1, 0.15) is 0 Å². The standard InChI is InChI=1S/C18H28N2/c1-2-5-17(6-3-1)15-20-13-10-18(11-14-20)19-12-4-7-16-8-9-16/h1-3,5-6,16,18-19H,4,7-15H2. The molecule has 0 aromatic heterocycles. The molecule has 0 amide bonds. The lowest BCUT2D eigenvalue weighted by Crippen LogP contribution is -2.42. The number of hydrogen-bond donors (Lipinski definition) is 1. The molecule has 1 aliphatic carbocycles. The highest BCUT2D eigenvalue weighted by Crippen LogP contribution is 2.33. The Morgan fingerprint density at radius 1 is 1.00 bits per heavy atom. The molecule has 2 fully saturated rings. The first-order valence-corrected chi connectivity index (χ1v) is 8.40. The second kappa shape index (κ2) is 7.24. The Morgan fingerprint density at radius 2 is 1.75 bits per heavy atom. The van der Waals surface area contributed by atoms with Crippen LogP contribution in [-0.4, -0.2) is 30.6 Å². The molecule has 1 aromatic rings. The maximum Gasteiger partial charge on any atom is 0.0233 e. The van der Waals surface area contributed by atoms with Crippen molar-refractivity contribution in [3.63, 3.8) is 0 Å². The second-order valence-corrected chi connectivity index (χ2v) is 6.58. The van der Waals surface area contributed by atoms with Crippen molar-refractivity contribution in [1.82, 2.24) is 10.2 Å². The van der Waals surface area contributed by atoms with Crippen molar-refractivity contribution in [2.75, 3.05) is 19.6 Å². The monoisotopic (exact) mass is 272 g/mol. The van der Waals surface area contributed by atoms with E-state index in [2.05, 4.69) is 40.5 Å². The lowest BCUT2D eigenvalue weighted by molar-refractivity contribution is 0.190. The molecule has 1 heterocycles. The summed E-state index contributed by atoms with van der Waals surface area (Å²) in [6.07, 6.45) is 8.47. The number of hydrogen-bond acceptors (Lipinski definition) is 2. The SMILES string of the molecule is c1ccc(CN2CCC(NCCCC3CC3)CC2)cc1. The number of nitrogens with zero attached hydrogens (tertiary/aromatic N) is 1. The van der Waals surface area contributed by atoms with E-state index in [1.807, 2.05) is 0 Å². The molecule has 1 aliphatic heterocycles. The second-order valence-electron chi connectivity index (χ2n) is 6.58. The lowest BCUT2D eigenvalue weighted by Gasteiger charge is -2.32. The number of piperidine rings is 1. The van der Waals surface area contributed by atoms with Gasteiger partial charge in [0, 0.05) is 12.6 Å². The number of rotatable bonds is 7. The molecule has 1 saturated carbocycles. The van der Waals surface area contributed by atoms with Gasteiger partial charge in [-0.05, 0) is 56.8 Å². The van der Waals surface area contributed by atoms with E-state index in [1.165, 1.54) is 63.7 Å². The Labute approximate surface area is 123 Å². The van der Waals surface area contributed by atoms with E-state index in [4.69, 9.17) is 0 Å². The fraction of sp³-hybridized carbons (Fsp3) is 0.667. The van der Waals surface area contributed by atoms with Crippen molar-refractivity contribution in [2.24, 2.45) is 5.92 Å². The third kappa shape index (κ3) is 4.60. The van der Waals surface area contributed by atoms with Crippen LogP contribution in [0.4, 0.5) is 0 Å². The van der Waals surface area contributed by atoms with E-state index in [9.17, 15) is 0 Å². The van der Waals surface area contributed by atoms with Gasteiger partial charge in [-0.25, -0.2) is 0 Å². The molecular formula is C18H28N2. The molecule has 0 bridgehead atoms. The van der Waals surface area contributed by atoms with Crippen LogP contribution in [0.25, 0.3) is 0 Å². The zero-order valence-corrected chi connectivity index (χ0v) is 12.6. The fourth-order valence-electron chi connectivity index (χ4n) is 3.24. The lowest BCUT2D eigenvalue weighted by atomic mass is 10.0. The molecule has 1 N–H and O–H groups in total. The normalized spacial score (nSPS) is 21.2. The van der Waals surface area contributed by atoms with E-state index in [0.717, 1.165) is 18.5 Å². The summed E-state index contributed by atoms with van der Waals surface area (Å²) in [6, 6.07) is 11.6. The highest BCUT2D eigenvalue weighted by Gasteiger charge is 2.21. The highest BCUT2D eigenvalue weighted by molar-refractivity contribution is 5.14. The molecular weight excluding hydrogens is 244 g/mol. The summed E-state index contributed by atoms with van der Waals surface area (Å²) in [5, 5.41) is 3.76. The van der Waals surface area contributed by atoms with Crippen molar-refractivity contribution in [2.45, 2.75) is 51.1 Å². The molecule has 2 heteroatoms. The number of benzene rings is 1. The molecule has 2 nitrogen and oxygen atoms in total. The summed E-state index contributed by atoms with van der Waals surface area (Å²) in [5.74, 6) is 1.09. The highest BCUT2D eigenvalue weighted by atomic mass is 15.1. The predicted octanol–water partition coefficient (Wildman–Crippen LogP) is 3.43. The van der Waals surface area contributed by atoms with Crippen LogP contribution in [0.5, 0.6) is 0 Å². The zero-order chi connectivity index (χ0) is 13.6. The average Bonchev–Trinajstić information content (AvgIpc) is 3.31. The first-order valence-electron chi connectivity index (χ1n) is 8.40. The van der Waals surface area contributed by atoms with E-state index >= 15 is 0 Å². The maximum absolute atomic E-state index is 3.76. The summed E-state index contributed by atoms with van der Waals surface area (Å²) >= 11 is 0. The molecule has 20 heavy (non-hydrogen) atoms. The Hall–Kier alpha value is -0.860. The topological polar surface area (TPSA) is 15.3 Å². The van der Waals surface area contributed by atoms with E-state index in [0.29, 0.717) is 0 Å². The van der Waals surface area contributed by atoms with Crippen molar-refractivity contribution >= 4 is 0 Å². The van der Waals surface area contributed by atoms with Gasteiger partial charge in [0.2, 0.25) is 0 Å². The van der Waals surface area contributed by atoms with Gasteiger partial charge in [-0.15, -0.1) is 0 Å². The molecule has 0 spiro atoms. The van der Waals surface area contributed by atoms with Crippen LogP contribution >= 0.6 is 0 Å². The molecule has 1 aromatic carbocycles. The molecule has 0 atom stereocenters. The van der Waals surface area contributed by atoms with Gasteiger partial charge in [0.15, 0.2) is 0 Å². The van der Waals surface area contributed by atoms with Gasteiger partial charge in [-0.1, -0.05) is 43.2 Å². The summed E-state index contributed by atoms with van der Waals surface area (Å²) in [7, 11) is 0. The molecule has 2 aliphatic rings. The van der Waals surface area contributed by atoms with Gasteiger partial charge in [0.05, 0.1) is 0 Å². The summed E-state index contributed by atoms with van der Waals surface area (Å²) < 4.78 is 0. The average molecular weight is 272 g/mol. The quantitative estimate of drug-likeness (QED) is 0.765. The Balaban J connectivity index is 1.30. The summed E-state index contributed by atoms with van der Waals surface area (Å²) in [5.41, 5.74) is 1.45. The van der Waals surface area contributed by atoms with Gasteiger partial charge >= 0.3 is 0 Å². The predicted molar refractivity (Wildman–Crippen MR) is 84.7 cm³/mol. The largest absolute Gasteiger partial charge is 0.314 e. The van der Waals surface area contributed by atoms with E-state index < -0.39 is 0 Å². The third-order valence-corrected chi connectivity index (χ3v) is 4.76. The van der Waals surface area contributed by atoms with Gasteiger partial charge in [0.25, 0.3) is 0 Å². The van der Waals surface area contributed by atoms with Crippen molar-refractivity contribution < 1.29 is 0 Å². The van der Waals surface area contributed by atoms with Crippen LogP contribution in [0, 0.1) is 5.92 Å². The van der Waals surface area contributed by atoms with Crippen LogP contribution in [0.15, 0.2) is 30.3 Å². The first kappa shape index (κ1) is 14.1. The van der Waals surface area contributed by atoms with Crippen LogP contribution in [0.3, 0.4) is 0 Å². The third-order valence-electron chi connectivity index (χ3n) is 4.76. The summed E-state index contributed by atoms with van der Waals surface area (Å²) in [4.78, 5) is 2.59. The van der Waals surface area contributed by atoms with Gasteiger partial charge in [-0.2, -0.15) is 0 Å². The molecule has 3 rings (SSSR count). The minimum absolute atomic E-state index is 0.765. The first-order chi connectivity index (χ1) is 9.90. The van der Waals surface area contributed by atoms with Crippen molar-refractivity contribution in [3.8, 4) is 0 Å². The fourth-order valence-corrected chi connectivity index (χ4v) is 3.24. The Morgan fingerprint density at radius 3 is 2.45 bits per heavy atom. The molecule has 110 valence electrons. The smallest absolute Gasteiger partial charge is 0.0233 e. The van der Waals surface area contributed by atoms with Crippen LogP contribution < -0.4 is 5.32 Å². The van der Waals surface area contributed by atoms with Gasteiger partial charge < -0.3 is 5.32 Å². The van der Waals surface area contributed by atoms with Crippen LogP contribution in [-0.2, 0) is 6.54 Å². The molecule has 1 saturated heterocycles. The van der Waals surface area contributed by atoms with Crippen molar-refractivity contribution in [3.05, 3.63) is 35.9 Å². The van der Waals surface area contributed by atoms with Crippen molar-refractivity contribution in [1.29, 1.82) is 0 Å². The van der Waals surface area contributed by atoms with E-state index in [1.54, 1.807) is 0 Å². The van der Waals surface area contributed by atoms with Crippen LogP contribution in [0.2, 0.25) is 0 Å². The number of nitrogens with one attached hydrogen (secondary N) is 1. The summed E-state index contributed by atoms with van der Waals surface area (Å²) in [6.45, 7) is 4.85. The molecule has 0 unspecified atom stereocenters. The van der Waals surface area contributed by atoms with Crippen LogP contribution in [0.1, 0.15) is 44.1 Å². The number of likely N-dealkylation sites (tertiary alicyclic amines) is 1. The molecule has 0 radical (unpaired) electrons.